The van der Waals surface area contributed by atoms with Crippen molar-refractivity contribution < 1.29 is 8.78 Å². The predicted molar refractivity (Wildman–Crippen MR) is 66.6 cm³/mol. The quantitative estimate of drug-likeness (QED) is 0.898. The third-order valence-electron chi connectivity index (χ3n) is 3.35. The highest BCUT2D eigenvalue weighted by Crippen LogP contribution is 2.20. The van der Waals surface area contributed by atoms with Crippen LogP contribution < -0.4 is 5.32 Å². The van der Waals surface area contributed by atoms with Crippen LogP contribution in [0.3, 0.4) is 0 Å². The van der Waals surface area contributed by atoms with Gasteiger partial charge in [0.15, 0.2) is 11.6 Å². The zero-order valence-corrected chi connectivity index (χ0v) is 10.3. The van der Waals surface area contributed by atoms with Crippen molar-refractivity contribution in [2.75, 3.05) is 6.54 Å². The largest absolute Gasteiger partial charge is 0.312 e. The van der Waals surface area contributed by atoms with Crippen molar-refractivity contribution in [2.24, 2.45) is 0 Å². The minimum Gasteiger partial charge on any atom is -0.312 e. The van der Waals surface area contributed by atoms with Gasteiger partial charge in [-0.2, -0.15) is 0 Å². The summed E-state index contributed by atoms with van der Waals surface area (Å²) < 4.78 is 26.9. The van der Waals surface area contributed by atoms with E-state index in [1.165, 1.54) is 12.4 Å². The molecule has 1 aromatic carbocycles. The van der Waals surface area contributed by atoms with E-state index in [1.807, 2.05) is 0 Å². The van der Waals surface area contributed by atoms with Crippen molar-refractivity contribution >= 4 is 0 Å². The zero-order valence-electron chi connectivity index (χ0n) is 10.3. The smallest absolute Gasteiger partial charge is 0.162 e. The predicted octanol–water partition coefficient (Wildman–Crippen LogP) is 1.99. The van der Waals surface area contributed by atoms with Crippen molar-refractivity contribution in [3.8, 4) is 0 Å². The normalized spacial score (nSPS) is 14.2. The first-order chi connectivity index (χ1) is 9.25. The average molecular weight is 261 g/mol. The van der Waals surface area contributed by atoms with Gasteiger partial charge in [0.1, 0.15) is 6.33 Å². The van der Waals surface area contributed by atoms with E-state index in [9.17, 15) is 8.78 Å². The number of aromatic nitrogens is 2. The third kappa shape index (κ3) is 2.33. The standard InChI is InChI=1S/C14H13F2N3/c15-11-3-1-2-9(14(11)16)6-13-10-7-17-5-4-12(10)18-8-19-13/h1-3,8,17H,4-7H2. The molecule has 0 atom stereocenters. The molecule has 0 fully saturated rings. The molecule has 0 aliphatic carbocycles. The van der Waals surface area contributed by atoms with Crippen LogP contribution in [0.2, 0.25) is 0 Å². The second kappa shape index (κ2) is 5.01. The van der Waals surface area contributed by atoms with Crippen LogP contribution in [-0.2, 0) is 19.4 Å². The molecule has 0 unspecified atom stereocenters. The summed E-state index contributed by atoms with van der Waals surface area (Å²) in [7, 11) is 0. The molecule has 3 rings (SSSR count). The van der Waals surface area contributed by atoms with Crippen molar-refractivity contribution in [2.45, 2.75) is 19.4 Å². The Morgan fingerprint density at radius 3 is 3.00 bits per heavy atom. The van der Waals surface area contributed by atoms with Crippen LogP contribution in [-0.4, -0.2) is 16.5 Å². The molecule has 19 heavy (non-hydrogen) atoms. The van der Waals surface area contributed by atoms with Crippen LogP contribution in [0.1, 0.15) is 22.5 Å². The number of rotatable bonds is 2. The van der Waals surface area contributed by atoms with Gasteiger partial charge in [-0.1, -0.05) is 12.1 Å². The number of nitrogens with one attached hydrogen (secondary N) is 1. The summed E-state index contributed by atoms with van der Waals surface area (Å²) in [4.78, 5) is 8.46. The molecule has 0 saturated heterocycles. The minimum absolute atomic E-state index is 0.288. The van der Waals surface area contributed by atoms with Crippen molar-refractivity contribution in [1.29, 1.82) is 0 Å². The van der Waals surface area contributed by atoms with Crippen molar-refractivity contribution in [3.05, 3.63) is 58.7 Å². The second-order valence-electron chi connectivity index (χ2n) is 4.56. The van der Waals surface area contributed by atoms with Gasteiger partial charge in [-0.15, -0.1) is 0 Å². The van der Waals surface area contributed by atoms with Gasteiger partial charge in [0.25, 0.3) is 0 Å². The van der Waals surface area contributed by atoms with E-state index in [0.717, 1.165) is 36.0 Å². The molecule has 1 aliphatic rings. The maximum atomic E-state index is 13.7. The van der Waals surface area contributed by atoms with Gasteiger partial charge < -0.3 is 5.32 Å². The fourth-order valence-corrected chi connectivity index (χ4v) is 2.35. The Bertz CT molecular complexity index is 614. The Labute approximate surface area is 109 Å². The first-order valence-corrected chi connectivity index (χ1v) is 6.21. The first-order valence-electron chi connectivity index (χ1n) is 6.21. The summed E-state index contributed by atoms with van der Waals surface area (Å²) in [6.07, 6.45) is 2.63. The van der Waals surface area contributed by atoms with E-state index in [2.05, 4.69) is 15.3 Å². The number of halogens is 2. The maximum absolute atomic E-state index is 13.7. The van der Waals surface area contributed by atoms with Gasteiger partial charge in [-0.3, -0.25) is 0 Å². The van der Waals surface area contributed by atoms with Gasteiger partial charge in [0, 0.05) is 37.2 Å². The van der Waals surface area contributed by atoms with E-state index in [-0.39, 0.29) is 6.42 Å². The van der Waals surface area contributed by atoms with Crippen molar-refractivity contribution in [3.63, 3.8) is 0 Å². The molecule has 0 amide bonds. The second-order valence-corrected chi connectivity index (χ2v) is 4.56. The Morgan fingerprint density at radius 2 is 2.11 bits per heavy atom. The molecule has 0 bridgehead atoms. The number of hydrogen-bond acceptors (Lipinski definition) is 3. The van der Waals surface area contributed by atoms with Crippen LogP contribution >= 0.6 is 0 Å². The number of benzene rings is 1. The minimum atomic E-state index is -0.821. The lowest BCUT2D eigenvalue weighted by molar-refractivity contribution is 0.500. The highest BCUT2D eigenvalue weighted by molar-refractivity contribution is 5.32. The van der Waals surface area contributed by atoms with Crippen LogP contribution in [0, 0.1) is 11.6 Å². The highest BCUT2D eigenvalue weighted by atomic mass is 19.2. The maximum Gasteiger partial charge on any atom is 0.162 e. The summed E-state index contributed by atoms with van der Waals surface area (Å²) in [5.74, 6) is -1.61. The lowest BCUT2D eigenvalue weighted by Crippen LogP contribution is -2.26. The highest BCUT2D eigenvalue weighted by Gasteiger charge is 2.17. The molecule has 98 valence electrons. The number of fused-ring (bicyclic) bond motifs is 1. The van der Waals surface area contributed by atoms with Gasteiger partial charge in [0.2, 0.25) is 0 Å². The topological polar surface area (TPSA) is 37.8 Å². The summed E-state index contributed by atoms with van der Waals surface area (Å²) >= 11 is 0. The van der Waals surface area contributed by atoms with Crippen LogP contribution in [0.4, 0.5) is 8.78 Å². The molecule has 0 saturated carbocycles. The summed E-state index contributed by atoms with van der Waals surface area (Å²) in [6, 6.07) is 4.22. The van der Waals surface area contributed by atoms with Crippen LogP contribution in [0.15, 0.2) is 24.5 Å². The molecule has 3 nitrogen and oxygen atoms in total. The molecule has 5 heteroatoms. The Balaban J connectivity index is 1.97. The third-order valence-corrected chi connectivity index (χ3v) is 3.35. The lowest BCUT2D eigenvalue weighted by atomic mass is 10.0. The Hall–Kier alpha value is -1.88. The SMILES string of the molecule is Fc1cccc(Cc2ncnc3c2CNCC3)c1F. The van der Waals surface area contributed by atoms with Crippen molar-refractivity contribution in [1.82, 2.24) is 15.3 Å². The molecular formula is C14H13F2N3. The van der Waals surface area contributed by atoms with E-state index in [1.54, 1.807) is 6.07 Å². The van der Waals surface area contributed by atoms with Crippen LogP contribution in [0.5, 0.6) is 0 Å². The van der Waals surface area contributed by atoms with E-state index in [4.69, 9.17) is 0 Å². The fourth-order valence-electron chi connectivity index (χ4n) is 2.35. The van der Waals surface area contributed by atoms with Gasteiger partial charge >= 0.3 is 0 Å². The van der Waals surface area contributed by atoms with E-state index >= 15 is 0 Å². The van der Waals surface area contributed by atoms with Gasteiger partial charge in [0.05, 0.1) is 5.69 Å². The van der Waals surface area contributed by atoms with E-state index < -0.39 is 11.6 Å². The summed E-state index contributed by atoms with van der Waals surface area (Å²) in [6.45, 7) is 1.57. The molecule has 1 N–H and O–H groups in total. The lowest BCUT2D eigenvalue weighted by Gasteiger charge is -2.18. The molecule has 0 radical (unpaired) electrons. The molecule has 1 aliphatic heterocycles. The summed E-state index contributed by atoms with van der Waals surface area (Å²) in [5.41, 5.74) is 3.10. The van der Waals surface area contributed by atoms with Gasteiger partial charge in [-0.05, 0) is 11.6 Å². The molecule has 2 aromatic rings. The zero-order chi connectivity index (χ0) is 13.2. The average Bonchev–Trinajstić information content (AvgIpc) is 2.44. The fraction of sp³-hybridized carbons (Fsp3) is 0.286. The monoisotopic (exact) mass is 261 g/mol. The Morgan fingerprint density at radius 1 is 1.21 bits per heavy atom. The number of nitrogens with zero attached hydrogens (tertiary/aromatic N) is 2. The molecular weight excluding hydrogens is 248 g/mol. The molecule has 0 spiro atoms. The Kier molecular flexibility index (Phi) is 3.21. The van der Waals surface area contributed by atoms with Crippen LogP contribution in [0.25, 0.3) is 0 Å². The molecule has 1 aromatic heterocycles. The molecule has 2 heterocycles. The summed E-state index contributed by atoms with van der Waals surface area (Å²) in [5, 5.41) is 3.25. The first kappa shape index (κ1) is 12.2. The van der Waals surface area contributed by atoms with Gasteiger partial charge in [-0.25, -0.2) is 18.7 Å². The van der Waals surface area contributed by atoms with E-state index in [0.29, 0.717) is 12.1 Å². The number of hydrogen-bond donors (Lipinski definition) is 1.